The van der Waals surface area contributed by atoms with Crippen LogP contribution in [0.4, 0.5) is 0 Å². The Morgan fingerprint density at radius 3 is 1.23 bits per heavy atom. The van der Waals surface area contributed by atoms with E-state index in [1.54, 1.807) is 18.2 Å². The number of benzene rings is 1. The highest BCUT2D eigenvalue weighted by atomic mass is 35.6. The van der Waals surface area contributed by atoms with Crippen LogP contribution in [0, 0.1) is 0 Å². The van der Waals surface area contributed by atoms with E-state index in [2.05, 4.69) is 0 Å². The van der Waals surface area contributed by atoms with Crippen molar-refractivity contribution in [2.75, 3.05) is 0 Å². The molecule has 0 N–H and O–H groups in total. The molecule has 0 aliphatic rings. The van der Waals surface area contributed by atoms with Crippen molar-refractivity contribution in [3.05, 3.63) is 35.9 Å². The molecular weight excluding hydrogens is 522 g/mol. The molecule has 1 aromatic rings. The van der Waals surface area contributed by atoms with Crippen molar-refractivity contribution in [2.24, 2.45) is 0 Å². The standard InChI is InChI=1S/C11H5Cl11/c12-7(13,6-4-2-1-3-5-6)9(15,16)8(14,10(17,18)19)11(20,21)22/h1-5H. The first-order valence-corrected chi connectivity index (χ1v) is 9.40. The molecule has 0 aromatic heterocycles. The molecule has 0 saturated heterocycles. The Kier molecular flexibility index (Phi) is 7.35. The fraction of sp³-hybridized carbons (Fsp3) is 0.455. The maximum Gasteiger partial charge on any atom is 0.216 e. The first-order valence-electron chi connectivity index (χ1n) is 5.24. The van der Waals surface area contributed by atoms with Gasteiger partial charge in [-0.3, -0.25) is 0 Å². The zero-order valence-corrected chi connectivity index (χ0v) is 18.4. The van der Waals surface area contributed by atoms with Crippen molar-refractivity contribution < 1.29 is 0 Å². The third kappa shape index (κ3) is 3.74. The Bertz CT molecular complexity index is 497. The normalized spacial score (nSPS) is 15.0. The minimum Gasteiger partial charge on any atom is -0.106 e. The van der Waals surface area contributed by atoms with Crippen LogP contribution in [0.3, 0.4) is 0 Å². The Balaban J connectivity index is 3.60. The van der Waals surface area contributed by atoms with Gasteiger partial charge in [-0.1, -0.05) is 146 Å². The molecule has 0 heterocycles. The molecule has 0 aliphatic carbocycles. The van der Waals surface area contributed by atoms with Gasteiger partial charge in [0.25, 0.3) is 0 Å². The van der Waals surface area contributed by atoms with E-state index in [9.17, 15) is 0 Å². The highest BCUT2D eigenvalue weighted by Gasteiger charge is 2.76. The van der Waals surface area contributed by atoms with Gasteiger partial charge in [0.1, 0.15) is 0 Å². The Labute approximate surface area is 183 Å². The van der Waals surface area contributed by atoms with Gasteiger partial charge in [0.05, 0.1) is 0 Å². The lowest BCUT2D eigenvalue weighted by molar-refractivity contribution is 0.480. The van der Waals surface area contributed by atoms with E-state index in [0.29, 0.717) is 0 Å². The average Bonchev–Trinajstić information content (AvgIpc) is 2.35. The predicted octanol–water partition coefficient (Wildman–Crippen LogP) is 8.21. The van der Waals surface area contributed by atoms with Crippen LogP contribution in [0.1, 0.15) is 5.56 Å². The molecule has 1 rings (SSSR count). The number of alkyl halides is 11. The van der Waals surface area contributed by atoms with Gasteiger partial charge in [0.2, 0.25) is 7.59 Å². The molecule has 0 unspecified atom stereocenters. The SMILES string of the molecule is ClC(Cl)(Cl)C(Cl)(C(Cl)(Cl)Cl)C(Cl)(Cl)C(Cl)(Cl)c1ccccc1. The van der Waals surface area contributed by atoms with Crippen LogP contribution in [0.5, 0.6) is 0 Å². The van der Waals surface area contributed by atoms with E-state index in [0.717, 1.165) is 0 Å². The monoisotopic (exact) mass is 522 g/mol. The van der Waals surface area contributed by atoms with Crippen LogP contribution < -0.4 is 0 Å². The first kappa shape index (κ1) is 22.5. The molecule has 0 saturated carbocycles. The first-order chi connectivity index (χ1) is 9.61. The quantitative estimate of drug-likeness (QED) is 0.348. The van der Waals surface area contributed by atoms with Crippen molar-refractivity contribution in [1.82, 2.24) is 0 Å². The topological polar surface area (TPSA) is 0 Å². The molecule has 1 aromatic carbocycles. The van der Waals surface area contributed by atoms with Crippen molar-refractivity contribution in [2.45, 2.75) is 21.1 Å². The van der Waals surface area contributed by atoms with Crippen molar-refractivity contribution >= 4 is 128 Å². The van der Waals surface area contributed by atoms with Gasteiger partial charge in [-0.15, -0.1) is 11.6 Å². The number of hydrogen-bond acceptors (Lipinski definition) is 0. The van der Waals surface area contributed by atoms with Gasteiger partial charge < -0.3 is 0 Å². The molecule has 0 amide bonds. The smallest absolute Gasteiger partial charge is 0.106 e. The third-order valence-corrected chi connectivity index (χ3v) is 8.59. The highest BCUT2D eigenvalue weighted by Crippen LogP contribution is 2.69. The van der Waals surface area contributed by atoms with Crippen molar-refractivity contribution in [3.63, 3.8) is 0 Å². The van der Waals surface area contributed by atoms with Crippen LogP contribution >= 0.6 is 128 Å². The second-order valence-electron chi connectivity index (χ2n) is 4.17. The van der Waals surface area contributed by atoms with E-state index >= 15 is 0 Å². The van der Waals surface area contributed by atoms with Crippen LogP contribution in [0.15, 0.2) is 30.3 Å². The molecule has 22 heavy (non-hydrogen) atoms. The van der Waals surface area contributed by atoms with Gasteiger partial charge in [0, 0.05) is 0 Å². The summed E-state index contributed by atoms with van der Waals surface area (Å²) < 4.78 is -9.38. The highest BCUT2D eigenvalue weighted by molar-refractivity contribution is 6.81. The molecule has 0 spiro atoms. The zero-order valence-electron chi connectivity index (χ0n) is 10.0. The Morgan fingerprint density at radius 1 is 0.545 bits per heavy atom. The number of hydrogen-bond donors (Lipinski definition) is 0. The van der Waals surface area contributed by atoms with E-state index in [-0.39, 0.29) is 5.56 Å². The largest absolute Gasteiger partial charge is 0.216 e. The Morgan fingerprint density at radius 2 is 0.909 bits per heavy atom. The maximum atomic E-state index is 6.32. The summed E-state index contributed by atoms with van der Waals surface area (Å²) in [7, 11) is 0. The number of halogens is 11. The minimum absolute atomic E-state index is 0.261. The van der Waals surface area contributed by atoms with Crippen molar-refractivity contribution in [3.8, 4) is 0 Å². The molecular formula is C11H5Cl11. The summed E-state index contributed by atoms with van der Waals surface area (Å²) in [6, 6.07) is 8.06. The van der Waals surface area contributed by atoms with Crippen LogP contribution in [-0.4, -0.2) is 16.8 Å². The van der Waals surface area contributed by atoms with Gasteiger partial charge >= 0.3 is 0 Å². The summed E-state index contributed by atoms with van der Waals surface area (Å²) in [4.78, 5) is -2.51. The summed E-state index contributed by atoms with van der Waals surface area (Å²) in [6.07, 6.45) is 0. The van der Waals surface area contributed by atoms with Crippen LogP contribution in [0.25, 0.3) is 0 Å². The Hall–Kier alpha value is 2.41. The summed E-state index contributed by atoms with van der Waals surface area (Å²) >= 11 is 66.7. The lowest BCUT2D eigenvalue weighted by Gasteiger charge is -2.50. The van der Waals surface area contributed by atoms with Crippen LogP contribution in [-0.2, 0) is 4.33 Å². The molecule has 0 radical (unpaired) electrons. The predicted molar refractivity (Wildman–Crippen MR) is 103 cm³/mol. The van der Waals surface area contributed by atoms with E-state index in [1.165, 1.54) is 12.1 Å². The molecule has 0 atom stereocenters. The molecule has 126 valence electrons. The second-order valence-corrected chi connectivity index (χ2v) is 12.0. The average molecular weight is 527 g/mol. The van der Waals surface area contributed by atoms with Gasteiger partial charge in [-0.05, 0) is 5.56 Å². The second kappa shape index (κ2) is 7.20. The van der Waals surface area contributed by atoms with E-state index in [1.807, 2.05) is 0 Å². The molecule has 0 fully saturated rings. The fourth-order valence-electron chi connectivity index (χ4n) is 1.56. The third-order valence-electron chi connectivity index (χ3n) is 2.74. The molecule has 0 bridgehead atoms. The van der Waals surface area contributed by atoms with Crippen LogP contribution in [0.2, 0.25) is 0 Å². The number of rotatable bonds is 3. The summed E-state index contributed by atoms with van der Waals surface area (Å²) in [5.74, 6) is 0. The van der Waals surface area contributed by atoms with E-state index < -0.39 is 21.1 Å². The summed E-state index contributed by atoms with van der Waals surface area (Å²) in [5, 5.41) is 0. The molecule has 0 aliphatic heterocycles. The maximum absolute atomic E-state index is 6.32. The lowest BCUT2D eigenvalue weighted by Crippen LogP contribution is -2.65. The minimum atomic E-state index is -2.51. The van der Waals surface area contributed by atoms with Crippen molar-refractivity contribution in [1.29, 1.82) is 0 Å². The van der Waals surface area contributed by atoms with E-state index in [4.69, 9.17) is 128 Å². The molecule has 0 nitrogen and oxygen atoms in total. The summed E-state index contributed by atoms with van der Waals surface area (Å²) in [6.45, 7) is 0. The zero-order chi connectivity index (χ0) is 17.6. The summed E-state index contributed by atoms with van der Waals surface area (Å²) in [5.41, 5.74) is 0.261. The lowest BCUT2D eigenvalue weighted by atomic mass is 9.98. The molecule has 11 heteroatoms. The fourth-order valence-corrected chi connectivity index (χ4v) is 5.84. The van der Waals surface area contributed by atoms with Gasteiger partial charge in [-0.25, -0.2) is 0 Å². The van der Waals surface area contributed by atoms with Gasteiger partial charge in [0.15, 0.2) is 13.5 Å². The van der Waals surface area contributed by atoms with Gasteiger partial charge in [-0.2, -0.15) is 0 Å².